The number of aliphatic carboxylic acids is 2. The lowest BCUT2D eigenvalue weighted by Gasteiger charge is -2.21. The summed E-state index contributed by atoms with van der Waals surface area (Å²) in [4.78, 5) is 21.3. The number of carbonyl (C=O) groups is 2. The molecule has 0 radical (unpaired) electrons. The largest absolute Gasteiger partial charge is 0.481 e. The Labute approximate surface area is 129 Å². The Morgan fingerprint density at radius 1 is 0.727 bits per heavy atom. The Balaban J connectivity index is 0.000000131. The summed E-state index contributed by atoms with van der Waals surface area (Å²) in [6.45, 7) is 3.99. The van der Waals surface area contributed by atoms with Crippen molar-refractivity contribution < 1.29 is 29.3 Å². The molecule has 2 saturated carbocycles. The predicted molar refractivity (Wildman–Crippen MR) is 76.4 cm³/mol. The van der Waals surface area contributed by atoms with Crippen molar-refractivity contribution in [2.24, 2.45) is 23.7 Å². The molecule has 0 spiro atoms. The average molecular weight is 312 g/mol. The van der Waals surface area contributed by atoms with Crippen LogP contribution in [0.5, 0.6) is 0 Å². The summed E-state index contributed by atoms with van der Waals surface area (Å²) in [6, 6.07) is 0. The Bertz CT molecular complexity index is 422. The van der Waals surface area contributed by atoms with E-state index in [0.717, 1.165) is 25.7 Å². The highest BCUT2D eigenvalue weighted by atomic mass is 16.6. The first-order valence-electron chi connectivity index (χ1n) is 8.13. The molecular formula is C16H24O6. The lowest BCUT2D eigenvalue weighted by molar-refractivity contribution is -0.145. The van der Waals surface area contributed by atoms with Crippen LogP contribution >= 0.6 is 0 Å². The van der Waals surface area contributed by atoms with Crippen LogP contribution in [0.25, 0.3) is 0 Å². The molecule has 2 N–H and O–H groups in total. The maximum absolute atomic E-state index is 10.7. The molecule has 8 unspecified atom stereocenters. The minimum atomic E-state index is -0.661. The molecule has 0 aromatic rings. The van der Waals surface area contributed by atoms with Crippen LogP contribution in [0.1, 0.15) is 39.5 Å². The second-order valence-electron chi connectivity index (χ2n) is 7.21. The van der Waals surface area contributed by atoms with Crippen molar-refractivity contribution in [2.45, 2.75) is 63.9 Å². The maximum atomic E-state index is 10.7. The molecule has 2 saturated heterocycles. The van der Waals surface area contributed by atoms with Gasteiger partial charge >= 0.3 is 11.9 Å². The lowest BCUT2D eigenvalue weighted by Crippen LogP contribution is -2.28. The summed E-state index contributed by atoms with van der Waals surface area (Å²) < 4.78 is 10.5. The molecule has 2 aliphatic carbocycles. The van der Waals surface area contributed by atoms with E-state index in [0.29, 0.717) is 12.2 Å². The summed E-state index contributed by atoms with van der Waals surface area (Å²) in [7, 11) is 0. The molecule has 0 bridgehead atoms. The molecule has 2 aliphatic heterocycles. The van der Waals surface area contributed by atoms with Gasteiger partial charge in [-0.05, 0) is 37.5 Å². The highest BCUT2D eigenvalue weighted by molar-refractivity contribution is 5.71. The second kappa shape index (κ2) is 5.81. The Morgan fingerprint density at radius 2 is 1.05 bits per heavy atom. The lowest BCUT2D eigenvalue weighted by atomic mass is 9.81. The maximum Gasteiger partial charge on any atom is 0.306 e. The van der Waals surface area contributed by atoms with E-state index in [1.165, 1.54) is 0 Å². The van der Waals surface area contributed by atoms with E-state index in [1.807, 2.05) is 13.8 Å². The number of hydrogen-bond donors (Lipinski definition) is 2. The van der Waals surface area contributed by atoms with Crippen LogP contribution in [0.4, 0.5) is 0 Å². The Kier molecular flexibility index (Phi) is 4.16. The molecule has 4 fully saturated rings. The summed E-state index contributed by atoms with van der Waals surface area (Å²) >= 11 is 0. The van der Waals surface area contributed by atoms with Gasteiger partial charge in [-0.15, -0.1) is 0 Å². The van der Waals surface area contributed by atoms with Gasteiger partial charge in [-0.3, -0.25) is 9.59 Å². The van der Waals surface area contributed by atoms with Crippen molar-refractivity contribution in [1.82, 2.24) is 0 Å². The van der Waals surface area contributed by atoms with Gasteiger partial charge < -0.3 is 19.7 Å². The van der Waals surface area contributed by atoms with Gasteiger partial charge in [0.25, 0.3) is 0 Å². The number of hydrogen-bond acceptors (Lipinski definition) is 4. The molecule has 22 heavy (non-hydrogen) atoms. The van der Waals surface area contributed by atoms with Gasteiger partial charge in [-0.25, -0.2) is 0 Å². The molecular weight excluding hydrogens is 288 g/mol. The van der Waals surface area contributed by atoms with Crippen LogP contribution < -0.4 is 0 Å². The monoisotopic (exact) mass is 312 g/mol. The quantitative estimate of drug-likeness (QED) is 0.754. The Morgan fingerprint density at radius 3 is 1.36 bits per heavy atom. The van der Waals surface area contributed by atoms with Crippen molar-refractivity contribution in [3.63, 3.8) is 0 Å². The molecule has 4 aliphatic rings. The highest BCUT2D eigenvalue weighted by Crippen LogP contribution is 2.43. The van der Waals surface area contributed by atoms with E-state index in [1.54, 1.807) is 0 Å². The van der Waals surface area contributed by atoms with Gasteiger partial charge in [-0.1, -0.05) is 13.8 Å². The normalized spacial score (nSPS) is 48.1. The zero-order chi connectivity index (χ0) is 16.0. The number of rotatable bonds is 2. The SMILES string of the molecule is CC1CC2OC2CC1C(=O)O.CC1CC2OC2CC1C(=O)O. The molecule has 0 aromatic carbocycles. The Hall–Kier alpha value is -1.14. The van der Waals surface area contributed by atoms with Gasteiger partial charge in [0.1, 0.15) is 0 Å². The summed E-state index contributed by atoms with van der Waals surface area (Å²) in [5.41, 5.74) is 0. The first kappa shape index (κ1) is 15.7. The molecule has 0 amide bonds. The zero-order valence-corrected chi connectivity index (χ0v) is 13.0. The van der Waals surface area contributed by atoms with Crippen molar-refractivity contribution in [1.29, 1.82) is 0 Å². The number of epoxide rings is 2. The van der Waals surface area contributed by atoms with Gasteiger partial charge in [0.05, 0.1) is 36.3 Å². The fraction of sp³-hybridized carbons (Fsp3) is 0.875. The smallest absolute Gasteiger partial charge is 0.306 e. The highest BCUT2D eigenvalue weighted by Gasteiger charge is 2.49. The van der Waals surface area contributed by atoms with Crippen molar-refractivity contribution in [3.05, 3.63) is 0 Å². The third kappa shape index (κ3) is 3.27. The number of carboxylic acids is 2. The number of ether oxygens (including phenoxy) is 2. The number of fused-ring (bicyclic) bond motifs is 2. The molecule has 0 aromatic heterocycles. The van der Waals surface area contributed by atoms with E-state index in [-0.39, 0.29) is 35.9 Å². The number of carboxylic acid groups (broad SMARTS) is 2. The van der Waals surface area contributed by atoms with Crippen LogP contribution in [0.3, 0.4) is 0 Å². The fourth-order valence-electron chi connectivity index (χ4n) is 3.90. The summed E-state index contributed by atoms with van der Waals surface area (Å²) in [5, 5.41) is 17.6. The van der Waals surface area contributed by atoms with Crippen molar-refractivity contribution in [2.75, 3.05) is 0 Å². The van der Waals surface area contributed by atoms with E-state index in [2.05, 4.69) is 0 Å². The first-order valence-corrected chi connectivity index (χ1v) is 8.13. The van der Waals surface area contributed by atoms with E-state index in [9.17, 15) is 9.59 Å². The standard InChI is InChI=1S/2C8H12O3/c2*1-4-2-6-7(11-6)3-5(4)8(9)10/h2*4-7H,2-3H2,1H3,(H,9,10). The van der Waals surface area contributed by atoms with E-state index >= 15 is 0 Å². The van der Waals surface area contributed by atoms with Crippen LogP contribution in [-0.4, -0.2) is 46.6 Å². The zero-order valence-electron chi connectivity index (χ0n) is 13.0. The van der Waals surface area contributed by atoms with E-state index < -0.39 is 11.9 Å². The first-order chi connectivity index (χ1) is 10.4. The minimum Gasteiger partial charge on any atom is -0.481 e. The fourth-order valence-corrected chi connectivity index (χ4v) is 3.90. The van der Waals surface area contributed by atoms with Gasteiger partial charge in [-0.2, -0.15) is 0 Å². The molecule has 2 heterocycles. The topological polar surface area (TPSA) is 99.7 Å². The third-order valence-electron chi connectivity index (χ3n) is 5.56. The summed E-state index contributed by atoms with van der Waals surface area (Å²) in [6.07, 6.45) is 4.63. The van der Waals surface area contributed by atoms with Crippen LogP contribution in [0, 0.1) is 23.7 Å². The van der Waals surface area contributed by atoms with Gasteiger partial charge in [0, 0.05) is 0 Å². The summed E-state index contributed by atoms with van der Waals surface area (Å²) in [5.74, 6) is -1.08. The molecule has 8 atom stereocenters. The van der Waals surface area contributed by atoms with Crippen LogP contribution in [-0.2, 0) is 19.1 Å². The molecule has 124 valence electrons. The van der Waals surface area contributed by atoms with Gasteiger partial charge in [0.15, 0.2) is 0 Å². The molecule has 6 heteroatoms. The van der Waals surface area contributed by atoms with Crippen LogP contribution in [0.15, 0.2) is 0 Å². The molecule has 4 rings (SSSR count). The predicted octanol–water partition coefficient (Wildman–Crippen LogP) is 1.77. The second-order valence-corrected chi connectivity index (χ2v) is 7.21. The van der Waals surface area contributed by atoms with Crippen molar-refractivity contribution >= 4 is 11.9 Å². The third-order valence-corrected chi connectivity index (χ3v) is 5.56. The minimum absolute atomic E-state index is 0.168. The molecule has 6 nitrogen and oxygen atoms in total. The van der Waals surface area contributed by atoms with E-state index in [4.69, 9.17) is 19.7 Å². The average Bonchev–Trinajstić information content (AvgIpc) is 3.30. The van der Waals surface area contributed by atoms with Gasteiger partial charge in [0.2, 0.25) is 0 Å². The van der Waals surface area contributed by atoms with Crippen molar-refractivity contribution in [3.8, 4) is 0 Å². The van der Waals surface area contributed by atoms with Crippen LogP contribution in [0.2, 0.25) is 0 Å².